The fourth-order valence-corrected chi connectivity index (χ4v) is 2.06. The summed E-state index contributed by atoms with van der Waals surface area (Å²) in [6.45, 7) is 3.99. The maximum atomic E-state index is 11.4. The topological polar surface area (TPSA) is 50.2 Å². The summed E-state index contributed by atoms with van der Waals surface area (Å²) in [7, 11) is 0. The molecule has 88 valence electrons. The van der Waals surface area contributed by atoms with Crippen molar-refractivity contribution in [1.29, 1.82) is 0 Å². The molecule has 0 bridgehead atoms. The molecule has 17 heavy (non-hydrogen) atoms. The molecule has 0 saturated heterocycles. The summed E-state index contributed by atoms with van der Waals surface area (Å²) in [5.74, 6) is -0.869. The fraction of sp³-hybridized carbons (Fsp3) is 0.286. The summed E-state index contributed by atoms with van der Waals surface area (Å²) in [5.41, 5.74) is 3.02. The average molecular weight is 229 g/mol. The van der Waals surface area contributed by atoms with Crippen LogP contribution in [0.25, 0.3) is 10.9 Å². The van der Waals surface area contributed by atoms with E-state index in [4.69, 9.17) is 0 Å². The minimum absolute atomic E-state index is 0.403. The molecule has 2 rings (SSSR count). The Morgan fingerprint density at radius 1 is 1.41 bits per heavy atom. The highest BCUT2D eigenvalue weighted by atomic mass is 16.4. The summed E-state index contributed by atoms with van der Waals surface area (Å²) in [4.78, 5) is 15.7. The normalized spacial score (nSPS) is 10.7. The standard InChI is InChI=1S/C14H15NO2/c1-3-4-10-8-15-12-6-5-9(2)7-11(12)13(10)14(16)17/h5-8H,3-4H2,1-2H3,(H,16,17). The second-order valence-corrected chi connectivity index (χ2v) is 4.23. The molecule has 0 spiro atoms. The van der Waals surface area contributed by atoms with Crippen LogP contribution in [0.1, 0.15) is 34.8 Å². The molecule has 2 aromatic rings. The summed E-state index contributed by atoms with van der Waals surface area (Å²) >= 11 is 0. The zero-order chi connectivity index (χ0) is 12.4. The minimum Gasteiger partial charge on any atom is -0.478 e. The first-order chi connectivity index (χ1) is 8.13. The lowest BCUT2D eigenvalue weighted by Gasteiger charge is -2.08. The van der Waals surface area contributed by atoms with Gasteiger partial charge in [0, 0.05) is 11.6 Å². The van der Waals surface area contributed by atoms with Crippen LogP contribution >= 0.6 is 0 Å². The van der Waals surface area contributed by atoms with Crippen molar-refractivity contribution < 1.29 is 9.90 Å². The zero-order valence-electron chi connectivity index (χ0n) is 10.0. The van der Waals surface area contributed by atoms with Gasteiger partial charge in [-0.25, -0.2) is 4.79 Å². The monoisotopic (exact) mass is 229 g/mol. The van der Waals surface area contributed by atoms with Gasteiger partial charge in [-0.1, -0.05) is 25.0 Å². The van der Waals surface area contributed by atoms with Crippen LogP contribution < -0.4 is 0 Å². The van der Waals surface area contributed by atoms with Crippen LogP contribution in [0.4, 0.5) is 0 Å². The van der Waals surface area contributed by atoms with Crippen LogP contribution in [0.2, 0.25) is 0 Å². The molecule has 0 fully saturated rings. The van der Waals surface area contributed by atoms with Gasteiger partial charge >= 0.3 is 5.97 Å². The third-order valence-electron chi connectivity index (χ3n) is 2.84. The van der Waals surface area contributed by atoms with E-state index in [9.17, 15) is 9.90 Å². The Kier molecular flexibility index (Phi) is 3.09. The third-order valence-corrected chi connectivity index (χ3v) is 2.84. The highest BCUT2D eigenvalue weighted by molar-refractivity contribution is 6.03. The Morgan fingerprint density at radius 2 is 2.18 bits per heavy atom. The van der Waals surface area contributed by atoms with Crippen molar-refractivity contribution in [3.05, 3.63) is 41.1 Å². The van der Waals surface area contributed by atoms with Gasteiger partial charge in [-0.15, -0.1) is 0 Å². The first-order valence-corrected chi connectivity index (χ1v) is 5.75. The number of carboxylic acids is 1. The second kappa shape index (κ2) is 4.53. The highest BCUT2D eigenvalue weighted by Crippen LogP contribution is 2.22. The quantitative estimate of drug-likeness (QED) is 0.879. The van der Waals surface area contributed by atoms with Crippen LogP contribution in [-0.2, 0) is 6.42 Å². The lowest BCUT2D eigenvalue weighted by molar-refractivity contribution is 0.0698. The van der Waals surface area contributed by atoms with Gasteiger partial charge < -0.3 is 5.11 Å². The number of aryl methyl sites for hydroxylation is 2. The van der Waals surface area contributed by atoms with E-state index in [1.807, 2.05) is 32.0 Å². The van der Waals surface area contributed by atoms with Crippen molar-refractivity contribution in [3.63, 3.8) is 0 Å². The van der Waals surface area contributed by atoms with E-state index >= 15 is 0 Å². The molecular weight excluding hydrogens is 214 g/mol. The predicted molar refractivity (Wildman–Crippen MR) is 67.4 cm³/mol. The van der Waals surface area contributed by atoms with Gasteiger partial charge in [0.05, 0.1) is 11.1 Å². The summed E-state index contributed by atoms with van der Waals surface area (Å²) in [5, 5.41) is 10.1. The van der Waals surface area contributed by atoms with Crippen molar-refractivity contribution in [2.75, 3.05) is 0 Å². The predicted octanol–water partition coefficient (Wildman–Crippen LogP) is 3.19. The lowest BCUT2D eigenvalue weighted by atomic mass is 9.99. The van der Waals surface area contributed by atoms with E-state index < -0.39 is 5.97 Å². The Hall–Kier alpha value is -1.90. The van der Waals surface area contributed by atoms with Crippen molar-refractivity contribution in [2.24, 2.45) is 0 Å². The number of hydrogen-bond donors (Lipinski definition) is 1. The Balaban J connectivity index is 2.77. The van der Waals surface area contributed by atoms with Gasteiger partial charge in [0.15, 0.2) is 0 Å². The molecule has 3 heteroatoms. The van der Waals surface area contributed by atoms with E-state index in [0.717, 1.165) is 34.9 Å². The lowest BCUT2D eigenvalue weighted by Crippen LogP contribution is -2.05. The first kappa shape index (κ1) is 11.6. The molecule has 0 saturated carbocycles. The molecule has 0 amide bonds. The first-order valence-electron chi connectivity index (χ1n) is 5.75. The van der Waals surface area contributed by atoms with Gasteiger partial charge in [0.1, 0.15) is 0 Å². The molecule has 1 heterocycles. The molecule has 0 unspecified atom stereocenters. The Labute approximate surface area is 100 Å². The fourth-order valence-electron chi connectivity index (χ4n) is 2.06. The van der Waals surface area contributed by atoms with Crippen molar-refractivity contribution in [1.82, 2.24) is 4.98 Å². The molecule has 1 aromatic carbocycles. The van der Waals surface area contributed by atoms with Crippen LogP contribution in [0, 0.1) is 6.92 Å². The van der Waals surface area contributed by atoms with Gasteiger partial charge in [0.2, 0.25) is 0 Å². The van der Waals surface area contributed by atoms with E-state index in [0.29, 0.717) is 5.56 Å². The number of pyridine rings is 1. The second-order valence-electron chi connectivity index (χ2n) is 4.23. The van der Waals surface area contributed by atoms with Crippen LogP contribution in [-0.4, -0.2) is 16.1 Å². The molecule has 1 N–H and O–H groups in total. The van der Waals surface area contributed by atoms with Crippen molar-refractivity contribution in [2.45, 2.75) is 26.7 Å². The summed E-state index contributed by atoms with van der Waals surface area (Å²) in [6.07, 6.45) is 3.35. The van der Waals surface area contributed by atoms with Gasteiger partial charge in [-0.3, -0.25) is 4.98 Å². The smallest absolute Gasteiger partial charge is 0.336 e. The van der Waals surface area contributed by atoms with E-state index in [2.05, 4.69) is 4.98 Å². The Bertz CT molecular complexity index is 576. The average Bonchev–Trinajstić information content (AvgIpc) is 2.28. The number of benzene rings is 1. The number of nitrogens with zero attached hydrogens (tertiary/aromatic N) is 1. The molecule has 3 nitrogen and oxygen atoms in total. The molecule has 0 radical (unpaired) electrons. The van der Waals surface area contributed by atoms with Crippen LogP contribution in [0.5, 0.6) is 0 Å². The van der Waals surface area contributed by atoms with E-state index in [1.165, 1.54) is 0 Å². The summed E-state index contributed by atoms with van der Waals surface area (Å²) < 4.78 is 0. The molecular formula is C14H15NO2. The molecule has 0 aliphatic heterocycles. The van der Waals surface area contributed by atoms with E-state index in [-0.39, 0.29) is 0 Å². The van der Waals surface area contributed by atoms with Crippen molar-refractivity contribution >= 4 is 16.9 Å². The third kappa shape index (κ3) is 2.13. The molecule has 1 aromatic heterocycles. The van der Waals surface area contributed by atoms with Crippen LogP contribution in [0.15, 0.2) is 24.4 Å². The van der Waals surface area contributed by atoms with E-state index in [1.54, 1.807) is 6.20 Å². The maximum absolute atomic E-state index is 11.4. The SMILES string of the molecule is CCCc1cnc2ccc(C)cc2c1C(=O)O. The molecule has 0 atom stereocenters. The number of carboxylic acid groups (broad SMARTS) is 1. The van der Waals surface area contributed by atoms with Gasteiger partial charge in [-0.05, 0) is 31.0 Å². The summed E-state index contributed by atoms with van der Waals surface area (Å²) in [6, 6.07) is 5.71. The number of aromatic nitrogens is 1. The minimum atomic E-state index is -0.869. The maximum Gasteiger partial charge on any atom is 0.336 e. The Morgan fingerprint density at radius 3 is 2.82 bits per heavy atom. The van der Waals surface area contributed by atoms with Gasteiger partial charge in [-0.2, -0.15) is 0 Å². The number of rotatable bonds is 3. The van der Waals surface area contributed by atoms with Gasteiger partial charge in [0.25, 0.3) is 0 Å². The zero-order valence-corrected chi connectivity index (χ0v) is 10.0. The molecule has 0 aliphatic carbocycles. The number of aromatic carboxylic acids is 1. The highest BCUT2D eigenvalue weighted by Gasteiger charge is 2.14. The molecule has 0 aliphatic rings. The van der Waals surface area contributed by atoms with Crippen LogP contribution in [0.3, 0.4) is 0 Å². The number of carbonyl (C=O) groups is 1. The largest absolute Gasteiger partial charge is 0.478 e. The van der Waals surface area contributed by atoms with Crippen molar-refractivity contribution in [3.8, 4) is 0 Å². The number of fused-ring (bicyclic) bond motifs is 1. The number of hydrogen-bond acceptors (Lipinski definition) is 2.